The Morgan fingerprint density at radius 1 is 0.897 bits per heavy atom. The van der Waals surface area contributed by atoms with E-state index in [9.17, 15) is 13.9 Å². The summed E-state index contributed by atoms with van der Waals surface area (Å²) in [5.74, 6) is -0.557. The summed E-state index contributed by atoms with van der Waals surface area (Å²) in [6, 6.07) is 15.1. The second-order valence-electron chi connectivity index (χ2n) is 7.22. The first-order valence-electron chi connectivity index (χ1n) is 9.70. The van der Waals surface area contributed by atoms with Gasteiger partial charge in [0.1, 0.15) is 17.7 Å². The van der Waals surface area contributed by atoms with Gasteiger partial charge in [-0.2, -0.15) is 0 Å². The highest BCUT2D eigenvalue weighted by Crippen LogP contribution is 2.33. The Labute approximate surface area is 169 Å². The molecule has 0 unspecified atom stereocenters. The summed E-state index contributed by atoms with van der Waals surface area (Å²) in [5, 5.41) is 10.8. The maximum Gasteiger partial charge on any atom is 0.146 e. The van der Waals surface area contributed by atoms with Crippen molar-refractivity contribution < 1.29 is 13.9 Å². The van der Waals surface area contributed by atoms with Crippen LogP contribution in [0.4, 0.5) is 14.5 Å². The summed E-state index contributed by atoms with van der Waals surface area (Å²) in [4.78, 5) is 8.17. The molecular formula is C23H23F2N3O. The number of pyridine rings is 1. The zero-order valence-corrected chi connectivity index (χ0v) is 16.0. The van der Waals surface area contributed by atoms with Crippen LogP contribution in [0.25, 0.3) is 0 Å². The van der Waals surface area contributed by atoms with Crippen molar-refractivity contribution >= 4 is 5.69 Å². The molecule has 1 N–H and O–H groups in total. The summed E-state index contributed by atoms with van der Waals surface area (Å²) in [7, 11) is 0. The predicted molar refractivity (Wildman–Crippen MR) is 109 cm³/mol. The SMILES string of the molecule is O[C@H](c1cccnc1)c1cccc(F)c1N1CCN(Cc2ccccc2F)CC1. The Bertz CT molecular complexity index is 959. The minimum absolute atomic E-state index is 0.203. The summed E-state index contributed by atoms with van der Waals surface area (Å²) >= 11 is 0. The molecular weight excluding hydrogens is 372 g/mol. The van der Waals surface area contributed by atoms with E-state index in [1.54, 1.807) is 48.8 Å². The van der Waals surface area contributed by atoms with E-state index in [4.69, 9.17) is 0 Å². The minimum Gasteiger partial charge on any atom is -0.384 e. The van der Waals surface area contributed by atoms with Crippen molar-refractivity contribution in [1.82, 2.24) is 9.88 Å². The van der Waals surface area contributed by atoms with Crippen LogP contribution in [0.2, 0.25) is 0 Å². The molecule has 0 saturated carbocycles. The van der Waals surface area contributed by atoms with Crippen molar-refractivity contribution in [2.75, 3.05) is 31.1 Å². The Kier molecular flexibility index (Phi) is 5.83. The topological polar surface area (TPSA) is 39.6 Å². The van der Waals surface area contributed by atoms with Crippen LogP contribution in [0.1, 0.15) is 22.8 Å². The van der Waals surface area contributed by atoms with E-state index in [1.165, 1.54) is 12.1 Å². The summed E-state index contributed by atoms with van der Waals surface area (Å²) in [5.41, 5.74) is 2.24. The van der Waals surface area contributed by atoms with Gasteiger partial charge in [0.25, 0.3) is 0 Å². The Hall–Kier alpha value is -2.83. The number of aromatic nitrogens is 1. The molecule has 0 bridgehead atoms. The Morgan fingerprint density at radius 2 is 1.66 bits per heavy atom. The van der Waals surface area contributed by atoms with E-state index < -0.39 is 6.10 Å². The van der Waals surface area contributed by atoms with E-state index in [1.807, 2.05) is 11.0 Å². The van der Waals surface area contributed by atoms with Crippen molar-refractivity contribution in [3.05, 3.63) is 95.3 Å². The van der Waals surface area contributed by atoms with Crippen molar-refractivity contribution in [2.24, 2.45) is 0 Å². The average Bonchev–Trinajstić information content (AvgIpc) is 2.76. The molecule has 1 atom stereocenters. The van der Waals surface area contributed by atoms with Crippen LogP contribution < -0.4 is 4.90 Å². The van der Waals surface area contributed by atoms with Gasteiger partial charge in [-0.3, -0.25) is 9.88 Å². The lowest BCUT2D eigenvalue weighted by atomic mass is 9.99. The van der Waals surface area contributed by atoms with E-state index in [0.717, 1.165) is 0 Å². The molecule has 150 valence electrons. The highest BCUT2D eigenvalue weighted by Gasteiger charge is 2.25. The molecule has 4 nitrogen and oxygen atoms in total. The van der Waals surface area contributed by atoms with Crippen molar-refractivity contribution in [1.29, 1.82) is 0 Å². The van der Waals surface area contributed by atoms with Crippen LogP contribution in [0.5, 0.6) is 0 Å². The minimum atomic E-state index is -0.953. The molecule has 0 aliphatic carbocycles. The van der Waals surface area contributed by atoms with Gasteiger partial charge in [0.2, 0.25) is 0 Å². The second kappa shape index (κ2) is 8.68. The Morgan fingerprint density at radius 3 is 2.38 bits per heavy atom. The number of rotatable bonds is 5. The number of halogens is 2. The first kappa shape index (κ1) is 19.5. The summed E-state index contributed by atoms with van der Waals surface area (Å²) < 4.78 is 28.7. The van der Waals surface area contributed by atoms with Crippen LogP contribution in [0, 0.1) is 11.6 Å². The smallest absolute Gasteiger partial charge is 0.146 e. The van der Waals surface area contributed by atoms with Crippen LogP contribution in [-0.2, 0) is 6.54 Å². The monoisotopic (exact) mass is 395 g/mol. The normalized spacial score (nSPS) is 16.0. The third-order valence-electron chi connectivity index (χ3n) is 5.35. The lowest BCUT2D eigenvalue weighted by molar-refractivity contribution is 0.217. The molecule has 0 spiro atoms. The predicted octanol–water partition coefficient (Wildman–Crippen LogP) is 3.76. The van der Waals surface area contributed by atoms with Crippen LogP contribution in [0.3, 0.4) is 0 Å². The number of hydrogen-bond acceptors (Lipinski definition) is 4. The third kappa shape index (κ3) is 4.28. The lowest BCUT2D eigenvalue weighted by Crippen LogP contribution is -2.46. The zero-order valence-electron chi connectivity index (χ0n) is 16.0. The molecule has 2 aromatic carbocycles. The summed E-state index contributed by atoms with van der Waals surface area (Å²) in [6.45, 7) is 3.10. The van der Waals surface area contributed by atoms with E-state index in [2.05, 4.69) is 9.88 Å². The van der Waals surface area contributed by atoms with Crippen molar-refractivity contribution in [3.63, 3.8) is 0 Å². The number of nitrogens with zero attached hydrogens (tertiary/aromatic N) is 3. The van der Waals surface area contributed by atoms with Gasteiger partial charge in [0.05, 0.1) is 5.69 Å². The lowest BCUT2D eigenvalue weighted by Gasteiger charge is -2.37. The first-order chi connectivity index (χ1) is 14.1. The first-order valence-corrected chi connectivity index (χ1v) is 9.70. The van der Waals surface area contributed by atoms with Gasteiger partial charge >= 0.3 is 0 Å². The Balaban J connectivity index is 1.51. The molecule has 1 aromatic heterocycles. The highest BCUT2D eigenvalue weighted by molar-refractivity contribution is 5.58. The molecule has 1 saturated heterocycles. The molecule has 6 heteroatoms. The van der Waals surface area contributed by atoms with Crippen LogP contribution in [-0.4, -0.2) is 41.2 Å². The molecule has 0 amide bonds. The molecule has 0 radical (unpaired) electrons. The van der Waals surface area contributed by atoms with Crippen molar-refractivity contribution in [3.8, 4) is 0 Å². The van der Waals surface area contributed by atoms with Gasteiger partial charge < -0.3 is 10.0 Å². The van der Waals surface area contributed by atoms with Gasteiger partial charge in [-0.15, -0.1) is 0 Å². The molecule has 1 aliphatic heterocycles. The van der Waals surface area contributed by atoms with E-state index >= 15 is 0 Å². The number of hydrogen-bond donors (Lipinski definition) is 1. The molecule has 1 aliphatic rings. The van der Waals surface area contributed by atoms with Crippen LogP contribution in [0.15, 0.2) is 67.0 Å². The number of benzene rings is 2. The van der Waals surface area contributed by atoms with Crippen LogP contribution >= 0.6 is 0 Å². The number of piperazine rings is 1. The van der Waals surface area contributed by atoms with Gasteiger partial charge in [-0.25, -0.2) is 8.78 Å². The average molecular weight is 395 g/mol. The quantitative estimate of drug-likeness (QED) is 0.714. The molecule has 2 heterocycles. The van der Waals surface area contributed by atoms with Gasteiger partial charge in [-0.05, 0) is 18.2 Å². The fourth-order valence-electron chi connectivity index (χ4n) is 3.80. The standard InChI is InChI=1S/C23H23F2N3O/c24-20-8-2-1-5-18(20)16-27-11-13-28(14-12-27)22-19(7-3-9-21(22)25)23(29)17-6-4-10-26-15-17/h1-10,15,23,29H,11-14,16H2/t23-/m1/s1. The zero-order chi connectivity index (χ0) is 20.2. The maximum absolute atomic E-state index is 14.8. The van der Waals surface area contributed by atoms with E-state index in [0.29, 0.717) is 55.1 Å². The van der Waals surface area contributed by atoms with Crippen molar-refractivity contribution in [2.45, 2.75) is 12.6 Å². The fourth-order valence-corrected chi connectivity index (χ4v) is 3.80. The summed E-state index contributed by atoms with van der Waals surface area (Å²) in [6.07, 6.45) is 2.27. The fraction of sp³-hybridized carbons (Fsp3) is 0.261. The van der Waals surface area contributed by atoms with Gasteiger partial charge in [-0.1, -0.05) is 36.4 Å². The second-order valence-corrected chi connectivity index (χ2v) is 7.22. The number of aliphatic hydroxyl groups excluding tert-OH is 1. The third-order valence-corrected chi connectivity index (χ3v) is 5.35. The highest BCUT2D eigenvalue weighted by atomic mass is 19.1. The molecule has 29 heavy (non-hydrogen) atoms. The molecule has 1 fully saturated rings. The number of para-hydroxylation sites is 1. The number of aliphatic hydroxyl groups is 1. The maximum atomic E-state index is 14.8. The van der Waals surface area contributed by atoms with Gasteiger partial charge in [0.15, 0.2) is 0 Å². The molecule has 4 rings (SSSR count). The molecule has 3 aromatic rings. The van der Waals surface area contributed by atoms with Gasteiger partial charge in [0, 0.05) is 61.8 Å². The van der Waals surface area contributed by atoms with E-state index in [-0.39, 0.29) is 11.6 Å². The number of anilines is 1. The largest absolute Gasteiger partial charge is 0.384 e.